The molecule has 0 saturated heterocycles. The van der Waals surface area contributed by atoms with Crippen LogP contribution in [0.25, 0.3) is 61.5 Å². The van der Waals surface area contributed by atoms with Crippen LogP contribution in [0, 0.1) is 42.2 Å². The van der Waals surface area contributed by atoms with Gasteiger partial charge in [-0.25, -0.2) is 24.0 Å². The van der Waals surface area contributed by atoms with Crippen LogP contribution in [0.4, 0.5) is 5.69 Å². The van der Waals surface area contributed by atoms with E-state index in [0.29, 0.717) is 34.0 Å². The predicted molar refractivity (Wildman–Crippen MR) is 387 cm³/mol. The van der Waals surface area contributed by atoms with Gasteiger partial charge in [-0.15, -0.1) is 29.8 Å². The maximum atomic E-state index is 9.42. The molecule has 17 aromatic rings. The molecule has 0 atom stereocenters. The van der Waals surface area contributed by atoms with E-state index in [-0.39, 0.29) is 103 Å². The standard InChI is InChI=1S/C15H11N2.2C10H6N3.4C9H8N2O.C9H7N2.4Ir/c1-2-6-13(7-3-1)14-8-4-9-15(12-14)17-11-5-10-16-17;11-8-9-2-4-10(5-3-9)13-7-1-6-12-13;1-11-9-4-2-5-10(8-9)13-7-3-6-12-13;4*12-9-5-2-1-4-8(9)11-7-3-6-10-11;1-2-5-9(6-3-1)11-8-4-7-10-11;;;;/h1-8,10-12H;1-4,6-7H;2-4,6-8H;4*1-7,12H;1-5,7-8H;;;;/q3*-1;;;;;-1;;;;. The van der Waals surface area contributed by atoms with Crippen LogP contribution in [0.5, 0.6) is 23.0 Å². The second-order valence-corrected chi connectivity index (χ2v) is 20.8. The number of rotatable bonds is 9. The summed E-state index contributed by atoms with van der Waals surface area (Å²) in [6, 6.07) is 91.8. The number of para-hydroxylation sites is 9. The van der Waals surface area contributed by atoms with Crippen molar-refractivity contribution in [3.63, 3.8) is 0 Å². The van der Waals surface area contributed by atoms with Gasteiger partial charge in [0.15, 0.2) is 0 Å². The number of aromatic nitrogens is 16. The molecule has 0 aliphatic carbocycles. The van der Waals surface area contributed by atoms with Gasteiger partial charge in [0.1, 0.15) is 45.7 Å². The van der Waals surface area contributed by atoms with Crippen molar-refractivity contribution >= 4 is 5.69 Å². The summed E-state index contributed by atoms with van der Waals surface area (Å²) in [6.45, 7) is 6.85. The minimum Gasteiger partial charge on any atom is -0.506 e. The number of nitrogens with zero attached hydrogens (tertiary/aromatic N) is 18. The Morgan fingerprint density at radius 2 is 0.623 bits per heavy atom. The van der Waals surface area contributed by atoms with Gasteiger partial charge in [0.2, 0.25) is 0 Å². The molecule has 8 aromatic heterocycles. The van der Waals surface area contributed by atoms with Gasteiger partial charge in [-0.2, -0.15) is 120 Å². The smallest absolute Gasteiger partial charge is 0.141 e. The average Bonchev–Trinajstić information content (AvgIpc) is 1.13. The first kappa shape index (κ1) is 82.4. The first-order chi connectivity index (χ1) is 50.2. The fraction of sp³-hybridized carbons (Fsp3) is 0. The van der Waals surface area contributed by atoms with Crippen molar-refractivity contribution in [1.82, 2.24) is 78.2 Å². The zero-order valence-electron chi connectivity index (χ0n) is 55.7. The van der Waals surface area contributed by atoms with Gasteiger partial charge in [0.25, 0.3) is 0 Å². The largest absolute Gasteiger partial charge is 0.506 e. The third-order valence-corrected chi connectivity index (χ3v) is 13.9. The molecule has 0 unspecified atom stereocenters. The van der Waals surface area contributed by atoms with Gasteiger partial charge >= 0.3 is 0 Å². The predicted octanol–water partition coefficient (Wildman–Crippen LogP) is 15.1. The van der Waals surface area contributed by atoms with Gasteiger partial charge in [-0.05, 0) is 120 Å². The minimum absolute atomic E-state index is 0. The second-order valence-electron chi connectivity index (χ2n) is 20.8. The molecule has 0 amide bonds. The van der Waals surface area contributed by atoms with Gasteiger partial charge in [0, 0.05) is 186 Å². The van der Waals surface area contributed by atoms with E-state index in [9.17, 15) is 20.4 Å². The summed E-state index contributed by atoms with van der Waals surface area (Å²) >= 11 is 0. The molecule has 9 aromatic carbocycles. The number of phenolic OH excluding ortho intramolecular Hbond substituents is 4. The number of aromatic hydroxyl groups is 4. The van der Waals surface area contributed by atoms with Crippen molar-refractivity contribution in [2.75, 3.05) is 0 Å². The van der Waals surface area contributed by atoms with E-state index in [1.165, 1.54) is 11.1 Å². The molecule has 4 N–H and O–H groups in total. The maximum absolute atomic E-state index is 9.42. The molecule has 0 aliphatic heterocycles. The molecule has 17 rings (SSSR count). The van der Waals surface area contributed by atoms with Gasteiger partial charge in [-0.1, -0.05) is 90.1 Å². The Kier molecular flexibility index (Phi) is 34.8. The van der Waals surface area contributed by atoms with Crippen LogP contribution < -0.4 is 0 Å². The summed E-state index contributed by atoms with van der Waals surface area (Å²) in [5.74, 6) is 0.949. The molecule has 106 heavy (non-hydrogen) atoms. The molecular formula is C80H62Ir4N18O4-4. The Morgan fingerprint density at radius 1 is 0.302 bits per heavy atom. The van der Waals surface area contributed by atoms with Crippen molar-refractivity contribution in [3.8, 4) is 85.7 Å². The second kappa shape index (κ2) is 44.7. The molecule has 0 bridgehead atoms. The van der Waals surface area contributed by atoms with Crippen molar-refractivity contribution in [1.29, 1.82) is 5.26 Å². The minimum atomic E-state index is 0. The normalized spacial score (nSPS) is 9.53. The summed E-state index contributed by atoms with van der Waals surface area (Å²) in [5, 5.41) is 78.6. The zero-order chi connectivity index (χ0) is 70.8. The molecule has 536 valence electrons. The summed E-state index contributed by atoms with van der Waals surface area (Å²) in [5.41, 5.74) is 9.93. The summed E-state index contributed by atoms with van der Waals surface area (Å²) in [4.78, 5) is 3.33. The molecular weight excluding hydrogens is 2050 g/mol. The summed E-state index contributed by atoms with van der Waals surface area (Å²) < 4.78 is 13.4. The van der Waals surface area contributed by atoms with Gasteiger partial charge in [0.05, 0.1) is 12.3 Å². The van der Waals surface area contributed by atoms with E-state index in [1.54, 1.807) is 186 Å². The van der Waals surface area contributed by atoms with Crippen LogP contribution in [0.2, 0.25) is 0 Å². The monoisotopic (exact) mass is 2110 g/mol. The quantitative estimate of drug-likeness (QED) is 0.0983. The molecule has 0 fully saturated rings. The van der Waals surface area contributed by atoms with Crippen molar-refractivity contribution in [3.05, 3.63) is 395 Å². The van der Waals surface area contributed by atoms with E-state index in [0.717, 1.165) is 22.7 Å². The van der Waals surface area contributed by atoms with Crippen molar-refractivity contribution < 1.29 is 101 Å². The van der Waals surface area contributed by atoms with Gasteiger partial charge in [-0.3, -0.25) is 23.6 Å². The first-order valence-electron chi connectivity index (χ1n) is 31.2. The van der Waals surface area contributed by atoms with E-state index in [2.05, 4.69) is 94.2 Å². The molecule has 4 radical (unpaired) electrons. The Labute approximate surface area is 665 Å². The van der Waals surface area contributed by atoms with Crippen LogP contribution >= 0.6 is 0 Å². The summed E-state index contributed by atoms with van der Waals surface area (Å²) in [7, 11) is 0. The molecule has 0 saturated carbocycles. The topological polar surface area (TPSA) is 252 Å². The van der Waals surface area contributed by atoms with Crippen LogP contribution in [0.1, 0.15) is 5.56 Å². The number of phenols is 4. The first-order valence-corrected chi connectivity index (χ1v) is 31.2. The van der Waals surface area contributed by atoms with Crippen molar-refractivity contribution in [2.24, 2.45) is 0 Å². The average molecular weight is 2110 g/mol. The Bertz CT molecular complexity index is 4940. The molecule has 0 spiro atoms. The Balaban J connectivity index is 0.000000189. The molecule has 8 heterocycles. The molecule has 0 aliphatic rings. The fourth-order valence-electron chi connectivity index (χ4n) is 9.12. The third kappa shape index (κ3) is 24.9. The van der Waals surface area contributed by atoms with E-state index in [1.807, 2.05) is 187 Å². The third-order valence-electron chi connectivity index (χ3n) is 13.9. The number of hydrogen-bond donors (Lipinski definition) is 4. The number of benzene rings is 9. The molecule has 26 heteroatoms. The van der Waals surface area contributed by atoms with E-state index >= 15 is 0 Å². The van der Waals surface area contributed by atoms with E-state index < -0.39 is 0 Å². The Morgan fingerprint density at radius 3 is 0.943 bits per heavy atom. The van der Waals surface area contributed by atoms with Crippen LogP contribution in [0.3, 0.4) is 0 Å². The SMILES string of the molecule is N#Cc1c[c-]c(-n2cccn2)cc1.Oc1ccccc1-n1cccn1.Oc1ccccc1-n1cccn1.Oc1ccccc1-n1cccn1.Oc1ccccc1-n1cccn1.[C-]#[N+]c1cc[c-]c(-n2cccn2)c1.[Ir].[Ir].[Ir].[Ir].[c-]1ccc(-c2ccccc2)cc1-n1cccn1.[c-]1ccccc1-n1cccn1. The van der Waals surface area contributed by atoms with Crippen LogP contribution in [0.15, 0.2) is 354 Å². The maximum Gasteiger partial charge on any atom is 0.141 e. The number of hydrogen-bond acceptors (Lipinski definition) is 13. The Hall–Kier alpha value is -12.6. The zero-order valence-corrected chi connectivity index (χ0v) is 65.2. The fourth-order valence-corrected chi connectivity index (χ4v) is 9.12. The van der Waals surface area contributed by atoms with Crippen LogP contribution in [-0.4, -0.2) is 98.7 Å². The van der Waals surface area contributed by atoms with Crippen molar-refractivity contribution in [2.45, 2.75) is 0 Å². The summed E-state index contributed by atoms with van der Waals surface area (Å²) in [6.07, 6.45) is 28.2. The molecule has 22 nitrogen and oxygen atoms in total. The number of nitriles is 1. The van der Waals surface area contributed by atoms with E-state index in [4.69, 9.17) is 11.8 Å². The van der Waals surface area contributed by atoms with Gasteiger partial charge < -0.3 is 20.4 Å². The van der Waals surface area contributed by atoms with Crippen LogP contribution in [-0.2, 0) is 80.4 Å².